The van der Waals surface area contributed by atoms with Crippen LogP contribution in [0.1, 0.15) is 24.4 Å². The fraction of sp³-hybridized carbons (Fsp3) is 0.545. The maximum absolute atomic E-state index is 6.25. The molecule has 14 heavy (non-hydrogen) atoms. The molecule has 2 N–H and O–H groups in total. The summed E-state index contributed by atoms with van der Waals surface area (Å²) in [6.45, 7) is 0. The summed E-state index contributed by atoms with van der Waals surface area (Å²) in [5, 5.41) is 0. The standard InChI is InChI=1S/C11H17N3/c1-14(2)10(11(12)5-6-11)9-4-3-7-13-8-9/h3-4,7-8,10H,5-6,12H2,1-2H3. The second-order valence-corrected chi connectivity index (χ2v) is 4.39. The highest BCUT2D eigenvalue weighted by molar-refractivity contribution is 5.23. The van der Waals surface area contributed by atoms with Gasteiger partial charge in [-0.3, -0.25) is 4.98 Å². The van der Waals surface area contributed by atoms with Crippen molar-refractivity contribution < 1.29 is 0 Å². The molecule has 1 atom stereocenters. The summed E-state index contributed by atoms with van der Waals surface area (Å²) in [6.07, 6.45) is 5.94. The van der Waals surface area contributed by atoms with Crippen molar-refractivity contribution in [3.8, 4) is 0 Å². The van der Waals surface area contributed by atoms with Gasteiger partial charge in [-0.1, -0.05) is 6.07 Å². The number of aromatic nitrogens is 1. The average molecular weight is 191 g/mol. The first-order valence-corrected chi connectivity index (χ1v) is 4.99. The first-order valence-electron chi connectivity index (χ1n) is 4.99. The van der Waals surface area contributed by atoms with E-state index in [1.165, 1.54) is 5.56 Å². The van der Waals surface area contributed by atoms with Crippen molar-refractivity contribution in [2.75, 3.05) is 14.1 Å². The molecular formula is C11H17N3. The summed E-state index contributed by atoms with van der Waals surface area (Å²) < 4.78 is 0. The lowest BCUT2D eigenvalue weighted by Gasteiger charge is -2.30. The first kappa shape index (κ1) is 9.62. The number of likely N-dealkylation sites (N-methyl/N-ethyl adjacent to an activating group) is 1. The zero-order valence-corrected chi connectivity index (χ0v) is 8.77. The molecule has 3 heteroatoms. The van der Waals surface area contributed by atoms with Gasteiger partial charge in [-0.25, -0.2) is 0 Å². The van der Waals surface area contributed by atoms with Gasteiger partial charge in [-0.15, -0.1) is 0 Å². The summed E-state index contributed by atoms with van der Waals surface area (Å²) in [6, 6.07) is 4.37. The van der Waals surface area contributed by atoms with E-state index in [-0.39, 0.29) is 5.54 Å². The third-order valence-electron chi connectivity index (χ3n) is 2.89. The molecule has 2 rings (SSSR count). The van der Waals surface area contributed by atoms with Crippen LogP contribution in [0.4, 0.5) is 0 Å². The van der Waals surface area contributed by atoms with Gasteiger partial charge in [-0.05, 0) is 38.6 Å². The highest BCUT2D eigenvalue weighted by atomic mass is 15.2. The van der Waals surface area contributed by atoms with Crippen molar-refractivity contribution >= 4 is 0 Å². The molecule has 1 aromatic heterocycles. The Bertz CT molecular complexity index is 304. The van der Waals surface area contributed by atoms with Crippen LogP contribution in [-0.4, -0.2) is 29.5 Å². The van der Waals surface area contributed by atoms with Crippen LogP contribution in [0.2, 0.25) is 0 Å². The van der Waals surface area contributed by atoms with E-state index in [4.69, 9.17) is 5.73 Å². The molecule has 1 fully saturated rings. The minimum absolute atomic E-state index is 0.0213. The maximum atomic E-state index is 6.25. The largest absolute Gasteiger partial charge is 0.323 e. The molecule has 1 aliphatic carbocycles. The molecule has 1 unspecified atom stereocenters. The van der Waals surface area contributed by atoms with Gasteiger partial charge in [0.25, 0.3) is 0 Å². The second kappa shape index (κ2) is 3.33. The van der Waals surface area contributed by atoms with E-state index in [9.17, 15) is 0 Å². The molecule has 0 saturated heterocycles. The molecule has 0 amide bonds. The molecule has 0 radical (unpaired) electrons. The van der Waals surface area contributed by atoms with Gasteiger partial charge < -0.3 is 10.6 Å². The predicted molar refractivity (Wildman–Crippen MR) is 56.8 cm³/mol. The van der Waals surface area contributed by atoms with E-state index < -0.39 is 0 Å². The highest BCUT2D eigenvalue weighted by Crippen LogP contribution is 2.45. The molecule has 1 aliphatic rings. The summed E-state index contributed by atoms with van der Waals surface area (Å²) in [5.41, 5.74) is 7.45. The van der Waals surface area contributed by atoms with E-state index >= 15 is 0 Å². The number of nitrogens with zero attached hydrogens (tertiary/aromatic N) is 2. The molecule has 0 bridgehead atoms. The van der Waals surface area contributed by atoms with Crippen molar-refractivity contribution in [3.63, 3.8) is 0 Å². The van der Waals surface area contributed by atoms with Crippen molar-refractivity contribution in [1.82, 2.24) is 9.88 Å². The van der Waals surface area contributed by atoms with Crippen LogP contribution in [0.3, 0.4) is 0 Å². The number of pyridine rings is 1. The van der Waals surface area contributed by atoms with Gasteiger partial charge in [0.2, 0.25) is 0 Å². The lowest BCUT2D eigenvalue weighted by atomic mass is 9.98. The summed E-state index contributed by atoms with van der Waals surface area (Å²) >= 11 is 0. The van der Waals surface area contributed by atoms with Gasteiger partial charge in [-0.2, -0.15) is 0 Å². The number of rotatable bonds is 3. The number of nitrogens with two attached hydrogens (primary N) is 1. The molecular weight excluding hydrogens is 174 g/mol. The quantitative estimate of drug-likeness (QED) is 0.780. The van der Waals surface area contributed by atoms with Gasteiger partial charge in [0.1, 0.15) is 0 Å². The van der Waals surface area contributed by atoms with Crippen LogP contribution in [-0.2, 0) is 0 Å². The van der Waals surface area contributed by atoms with Crippen LogP contribution in [0.25, 0.3) is 0 Å². The molecule has 1 saturated carbocycles. The molecule has 76 valence electrons. The number of hydrogen-bond donors (Lipinski definition) is 1. The Hall–Kier alpha value is -0.930. The maximum Gasteiger partial charge on any atom is 0.0538 e. The van der Waals surface area contributed by atoms with Crippen molar-refractivity contribution in [2.45, 2.75) is 24.4 Å². The molecule has 1 aromatic rings. The Morgan fingerprint density at radius 1 is 1.50 bits per heavy atom. The second-order valence-electron chi connectivity index (χ2n) is 4.39. The van der Waals surface area contributed by atoms with Gasteiger partial charge in [0.05, 0.1) is 6.04 Å². The van der Waals surface area contributed by atoms with Crippen molar-refractivity contribution in [1.29, 1.82) is 0 Å². The fourth-order valence-corrected chi connectivity index (χ4v) is 2.10. The Morgan fingerprint density at radius 2 is 2.21 bits per heavy atom. The normalized spacial score (nSPS) is 20.9. The minimum atomic E-state index is -0.0213. The molecule has 0 aromatic carbocycles. The lowest BCUT2D eigenvalue weighted by molar-refractivity contribution is 0.245. The zero-order valence-electron chi connectivity index (χ0n) is 8.77. The van der Waals surface area contributed by atoms with Crippen molar-refractivity contribution in [3.05, 3.63) is 30.1 Å². The third-order valence-corrected chi connectivity index (χ3v) is 2.89. The first-order chi connectivity index (χ1) is 6.63. The molecule has 0 spiro atoms. The summed E-state index contributed by atoms with van der Waals surface area (Å²) in [7, 11) is 4.15. The van der Waals surface area contributed by atoms with Gasteiger partial charge in [0.15, 0.2) is 0 Å². The van der Waals surface area contributed by atoms with Crippen LogP contribution < -0.4 is 5.73 Å². The van der Waals surface area contributed by atoms with E-state index in [0.29, 0.717) is 6.04 Å². The third kappa shape index (κ3) is 1.65. The Labute approximate surface area is 84.9 Å². The van der Waals surface area contributed by atoms with E-state index in [1.807, 2.05) is 12.3 Å². The topological polar surface area (TPSA) is 42.2 Å². The van der Waals surface area contributed by atoms with Crippen LogP contribution in [0, 0.1) is 0 Å². The summed E-state index contributed by atoms with van der Waals surface area (Å²) in [5.74, 6) is 0. The molecule has 0 aliphatic heterocycles. The van der Waals surface area contributed by atoms with Crippen LogP contribution >= 0.6 is 0 Å². The van der Waals surface area contributed by atoms with Gasteiger partial charge >= 0.3 is 0 Å². The lowest BCUT2D eigenvalue weighted by Crippen LogP contribution is -2.39. The predicted octanol–water partition coefficient (Wildman–Crippen LogP) is 1.18. The Morgan fingerprint density at radius 3 is 2.64 bits per heavy atom. The van der Waals surface area contributed by atoms with Crippen molar-refractivity contribution in [2.24, 2.45) is 5.73 Å². The summed E-state index contributed by atoms with van der Waals surface area (Å²) in [4.78, 5) is 6.33. The SMILES string of the molecule is CN(C)C(c1cccnc1)C1(N)CC1. The van der Waals surface area contributed by atoms with Crippen LogP contribution in [0.5, 0.6) is 0 Å². The minimum Gasteiger partial charge on any atom is -0.323 e. The van der Waals surface area contributed by atoms with E-state index in [0.717, 1.165) is 12.8 Å². The van der Waals surface area contributed by atoms with Crippen LogP contribution in [0.15, 0.2) is 24.5 Å². The van der Waals surface area contributed by atoms with E-state index in [2.05, 4.69) is 30.0 Å². The smallest absolute Gasteiger partial charge is 0.0538 e. The molecule has 1 heterocycles. The zero-order chi connectivity index (χ0) is 10.2. The van der Waals surface area contributed by atoms with Gasteiger partial charge in [0, 0.05) is 17.9 Å². The monoisotopic (exact) mass is 191 g/mol. The highest BCUT2D eigenvalue weighted by Gasteiger charge is 2.47. The molecule has 3 nitrogen and oxygen atoms in total. The van der Waals surface area contributed by atoms with E-state index in [1.54, 1.807) is 6.20 Å². The Kier molecular flexibility index (Phi) is 2.29. The Balaban J connectivity index is 2.28. The fourth-order valence-electron chi connectivity index (χ4n) is 2.10. The average Bonchev–Trinajstić information content (AvgIpc) is 2.85. The number of hydrogen-bond acceptors (Lipinski definition) is 3.